The molecule has 0 bridgehead atoms. The number of Topliss-reactive ketones (excluding diaryl/α,β-unsaturated/α-hetero) is 1. The number of ketones is 1. The van der Waals surface area contributed by atoms with Crippen molar-refractivity contribution in [3.8, 4) is 0 Å². The highest BCUT2D eigenvalue weighted by molar-refractivity contribution is 6.30. The molecule has 1 N–H and O–H groups in total. The Kier molecular flexibility index (Phi) is 5.12. The fourth-order valence-electron chi connectivity index (χ4n) is 2.21. The molecule has 2 aromatic heterocycles. The fourth-order valence-corrected chi connectivity index (χ4v) is 2.37. The van der Waals surface area contributed by atoms with E-state index in [-0.39, 0.29) is 0 Å². The number of halogens is 1. The molecular weight excluding hydrogens is 274 g/mol. The highest BCUT2D eigenvalue weighted by atomic mass is 35.5. The van der Waals surface area contributed by atoms with Crippen LogP contribution in [0.25, 0.3) is 11.2 Å². The van der Waals surface area contributed by atoms with E-state index in [1.54, 1.807) is 6.20 Å². The van der Waals surface area contributed by atoms with Gasteiger partial charge < -0.3 is 4.98 Å². The third kappa shape index (κ3) is 4.30. The Morgan fingerprint density at radius 3 is 2.95 bits per heavy atom. The van der Waals surface area contributed by atoms with Crippen molar-refractivity contribution in [1.82, 2.24) is 15.0 Å². The monoisotopic (exact) mass is 293 g/mol. The smallest absolute Gasteiger partial charge is 0.177 e. The van der Waals surface area contributed by atoms with Crippen LogP contribution in [0.2, 0.25) is 5.02 Å². The summed E-state index contributed by atoms with van der Waals surface area (Å²) in [5.41, 5.74) is 1.56. The number of aryl methyl sites for hydroxylation is 1. The standard InChI is InChI=1S/C15H20ClN3O/c1-10(2)7-12(20)5-3-4-6-14-18-13-8-11(16)9-17-15(13)19-14/h8-10H,3-7H2,1-2H3,(H,17,18,19). The van der Waals surface area contributed by atoms with E-state index in [2.05, 4.69) is 28.8 Å². The van der Waals surface area contributed by atoms with Crippen LogP contribution in [0.4, 0.5) is 0 Å². The van der Waals surface area contributed by atoms with Crippen molar-refractivity contribution in [2.45, 2.75) is 46.0 Å². The summed E-state index contributed by atoms with van der Waals surface area (Å²) in [4.78, 5) is 23.4. The molecule has 0 aliphatic rings. The molecule has 0 saturated heterocycles. The molecule has 0 unspecified atom stereocenters. The summed E-state index contributed by atoms with van der Waals surface area (Å²) < 4.78 is 0. The number of rotatable bonds is 7. The number of fused-ring (bicyclic) bond motifs is 1. The lowest BCUT2D eigenvalue weighted by molar-refractivity contribution is -0.119. The van der Waals surface area contributed by atoms with Gasteiger partial charge in [0.1, 0.15) is 11.6 Å². The van der Waals surface area contributed by atoms with Crippen LogP contribution in [0.15, 0.2) is 12.3 Å². The maximum atomic E-state index is 11.6. The normalized spacial score (nSPS) is 11.4. The largest absolute Gasteiger partial charge is 0.341 e. The van der Waals surface area contributed by atoms with Crippen LogP contribution >= 0.6 is 11.6 Å². The molecule has 0 atom stereocenters. The molecular formula is C15H20ClN3O. The van der Waals surface area contributed by atoms with E-state index >= 15 is 0 Å². The van der Waals surface area contributed by atoms with E-state index in [0.29, 0.717) is 35.2 Å². The third-order valence-corrected chi connectivity index (χ3v) is 3.31. The summed E-state index contributed by atoms with van der Waals surface area (Å²) in [6.07, 6.45) is 5.66. The molecule has 0 amide bonds. The Morgan fingerprint density at radius 1 is 1.40 bits per heavy atom. The van der Waals surface area contributed by atoms with Crippen molar-refractivity contribution >= 4 is 28.5 Å². The SMILES string of the molecule is CC(C)CC(=O)CCCCc1nc2ncc(Cl)cc2[nH]1. The predicted octanol–water partition coefficient (Wildman–Crippen LogP) is 3.94. The molecule has 2 aromatic rings. The predicted molar refractivity (Wildman–Crippen MR) is 80.9 cm³/mol. The van der Waals surface area contributed by atoms with Crippen LogP contribution in [-0.2, 0) is 11.2 Å². The van der Waals surface area contributed by atoms with Crippen LogP contribution in [0.1, 0.15) is 45.4 Å². The Hall–Kier alpha value is -1.42. The van der Waals surface area contributed by atoms with Gasteiger partial charge in [-0.15, -0.1) is 0 Å². The molecule has 0 spiro atoms. The van der Waals surface area contributed by atoms with Gasteiger partial charge in [0.2, 0.25) is 0 Å². The number of pyridine rings is 1. The average Bonchev–Trinajstić information content (AvgIpc) is 2.75. The van der Waals surface area contributed by atoms with Crippen molar-refractivity contribution in [2.24, 2.45) is 5.92 Å². The highest BCUT2D eigenvalue weighted by Gasteiger charge is 2.07. The maximum Gasteiger partial charge on any atom is 0.177 e. The first-order valence-electron chi connectivity index (χ1n) is 7.06. The molecule has 0 aliphatic heterocycles. The molecule has 4 nitrogen and oxygen atoms in total. The third-order valence-electron chi connectivity index (χ3n) is 3.11. The number of imidazole rings is 1. The molecule has 0 saturated carbocycles. The van der Waals surface area contributed by atoms with Crippen molar-refractivity contribution in [3.05, 3.63) is 23.1 Å². The Bertz CT molecular complexity index is 592. The lowest BCUT2D eigenvalue weighted by atomic mass is 10.0. The van der Waals surface area contributed by atoms with Crippen molar-refractivity contribution < 1.29 is 4.79 Å². The summed E-state index contributed by atoms with van der Waals surface area (Å²) >= 11 is 5.88. The lowest BCUT2D eigenvalue weighted by Crippen LogP contribution is -2.02. The summed E-state index contributed by atoms with van der Waals surface area (Å²) in [7, 11) is 0. The van der Waals surface area contributed by atoms with E-state index in [9.17, 15) is 4.79 Å². The van der Waals surface area contributed by atoms with Gasteiger partial charge in [-0.25, -0.2) is 9.97 Å². The number of carbonyl (C=O) groups excluding carboxylic acids is 1. The summed E-state index contributed by atoms with van der Waals surface area (Å²) in [5, 5.41) is 0.604. The van der Waals surface area contributed by atoms with Gasteiger partial charge >= 0.3 is 0 Å². The molecule has 5 heteroatoms. The second-order valence-electron chi connectivity index (χ2n) is 5.55. The second kappa shape index (κ2) is 6.84. The maximum absolute atomic E-state index is 11.6. The number of nitrogens with zero attached hydrogens (tertiary/aromatic N) is 2. The second-order valence-corrected chi connectivity index (χ2v) is 5.99. The molecule has 20 heavy (non-hydrogen) atoms. The minimum Gasteiger partial charge on any atom is -0.341 e. The zero-order valence-electron chi connectivity index (χ0n) is 11.9. The van der Waals surface area contributed by atoms with Crippen LogP contribution in [0.3, 0.4) is 0 Å². The fraction of sp³-hybridized carbons (Fsp3) is 0.533. The molecule has 2 heterocycles. The van der Waals surface area contributed by atoms with E-state index in [0.717, 1.165) is 30.6 Å². The van der Waals surface area contributed by atoms with Gasteiger partial charge in [-0.3, -0.25) is 4.79 Å². The molecule has 108 valence electrons. The number of nitrogens with one attached hydrogen (secondary N) is 1. The highest BCUT2D eigenvalue weighted by Crippen LogP contribution is 2.15. The van der Waals surface area contributed by atoms with Gasteiger partial charge in [-0.05, 0) is 24.8 Å². The van der Waals surface area contributed by atoms with Crippen LogP contribution in [0, 0.1) is 5.92 Å². The molecule has 2 rings (SSSR count). The summed E-state index contributed by atoms with van der Waals surface area (Å²) in [5.74, 6) is 1.72. The lowest BCUT2D eigenvalue weighted by Gasteiger charge is -2.03. The first-order chi connectivity index (χ1) is 9.54. The zero-order chi connectivity index (χ0) is 14.5. The molecule has 0 aliphatic carbocycles. The minimum absolute atomic E-state index is 0.359. The number of hydrogen-bond acceptors (Lipinski definition) is 3. The van der Waals surface area contributed by atoms with Crippen molar-refractivity contribution in [1.29, 1.82) is 0 Å². The Balaban J connectivity index is 1.80. The average molecular weight is 294 g/mol. The van der Waals surface area contributed by atoms with E-state index in [4.69, 9.17) is 11.6 Å². The van der Waals surface area contributed by atoms with Gasteiger partial charge in [-0.2, -0.15) is 0 Å². The van der Waals surface area contributed by atoms with E-state index < -0.39 is 0 Å². The van der Waals surface area contributed by atoms with Gasteiger partial charge in [0.25, 0.3) is 0 Å². The van der Waals surface area contributed by atoms with Crippen LogP contribution in [-0.4, -0.2) is 20.7 Å². The van der Waals surface area contributed by atoms with Gasteiger partial charge in [0.05, 0.1) is 10.5 Å². The topological polar surface area (TPSA) is 58.6 Å². The number of aromatic nitrogens is 3. The first-order valence-corrected chi connectivity index (χ1v) is 7.44. The summed E-state index contributed by atoms with van der Waals surface area (Å²) in [6, 6.07) is 1.83. The number of carbonyl (C=O) groups is 1. The summed E-state index contributed by atoms with van der Waals surface area (Å²) in [6.45, 7) is 4.15. The molecule has 0 fully saturated rings. The van der Waals surface area contributed by atoms with Gasteiger partial charge in [-0.1, -0.05) is 25.4 Å². The van der Waals surface area contributed by atoms with E-state index in [1.807, 2.05) is 6.07 Å². The minimum atomic E-state index is 0.359. The molecule has 0 radical (unpaired) electrons. The zero-order valence-corrected chi connectivity index (χ0v) is 12.7. The number of unbranched alkanes of at least 4 members (excludes halogenated alkanes) is 1. The van der Waals surface area contributed by atoms with E-state index in [1.165, 1.54) is 0 Å². The number of hydrogen-bond donors (Lipinski definition) is 1. The van der Waals surface area contributed by atoms with Crippen LogP contribution < -0.4 is 0 Å². The van der Waals surface area contributed by atoms with Crippen LogP contribution in [0.5, 0.6) is 0 Å². The van der Waals surface area contributed by atoms with Gasteiger partial charge in [0.15, 0.2) is 5.65 Å². The van der Waals surface area contributed by atoms with Crippen molar-refractivity contribution in [2.75, 3.05) is 0 Å². The number of aromatic amines is 1. The number of H-pyrrole nitrogens is 1. The molecule has 0 aromatic carbocycles. The van der Waals surface area contributed by atoms with Gasteiger partial charge in [0, 0.05) is 25.5 Å². The van der Waals surface area contributed by atoms with Crippen molar-refractivity contribution in [3.63, 3.8) is 0 Å². The first kappa shape index (κ1) is 15.0. The quantitative estimate of drug-likeness (QED) is 0.787. The Morgan fingerprint density at radius 2 is 2.20 bits per heavy atom. The Labute approximate surface area is 124 Å².